The van der Waals surface area contributed by atoms with Crippen LogP contribution >= 0.6 is 24.8 Å². The van der Waals surface area contributed by atoms with Crippen LogP contribution in [0.3, 0.4) is 0 Å². The van der Waals surface area contributed by atoms with Crippen molar-refractivity contribution in [2.75, 3.05) is 45.9 Å². The standard InChI is InChI=1S/C29H34F2N2O2.2ClH/c1-29(34,25-5-3-2-4-6-25)15-16-32-17-19-33(20-18-32)21-22-35-28(23-7-11-26(30)12-8-23)24-9-13-27(31)14-10-24;;/h2-14,28,34H,15-22H2,1H3;2*1H. The number of rotatable bonds is 10. The second-order valence-electron chi connectivity index (χ2n) is 9.43. The molecule has 0 spiro atoms. The predicted molar refractivity (Wildman–Crippen MR) is 149 cm³/mol. The molecule has 1 heterocycles. The number of benzene rings is 3. The fourth-order valence-corrected chi connectivity index (χ4v) is 4.51. The van der Waals surface area contributed by atoms with Crippen molar-refractivity contribution < 1.29 is 18.6 Å². The van der Waals surface area contributed by atoms with Crippen molar-refractivity contribution in [1.82, 2.24) is 9.80 Å². The monoisotopic (exact) mass is 552 g/mol. The zero-order chi connectivity index (χ0) is 24.7. The number of piperazine rings is 1. The minimum atomic E-state index is -0.831. The minimum Gasteiger partial charge on any atom is -0.385 e. The minimum absolute atomic E-state index is 0. The molecule has 1 atom stereocenters. The summed E-state index contributed by atoms with van der Waals surface area (Å²) >= 11 is 0. The molecule has 3 aromatic rings. The largest absolute Gasteiger partial charge is 0.385 e. The predicted octanol–water partition coefficient (Wildman–Crippen LogP) is 5.83. The van der Waals surface area contributed by atoms with Gasteiger partial charge in [0.05, 0.1) is 12.2 Å². The van der Waals surface area contributed by atoms with E-state index in [1.807, 2.05) is 37.3 Å². The van der Waals surface area contributed by atoms with Crippen LogP contribution in [0.4, 0.5) is 8.78 Å². The summed E-state index contributed by atoms with van der Waals surface area (Å²) in [5, 5.41) is 10.9. The van der Waals surface area contributed by atoms with Crippen LogP contribution in [0, 0.1) is 11.6 Å². The van der Waals surface area contributed by atoms with Gasteiger partial charge < -0.3 is 14.7 Å². The van der Waals surface area contributed by atoms with Gasteiger partial charge >= 0.3 is 0 Å². The molecule has 202 valence electrons. The number of halogens is 4. The van der Waals surface area contributed by atoms with Crippen molar-refractivity contribution in [2.45, 2.75) is 25.0 Å². The average molecular weight is 554 g/mol. The number of nitrogens with zero attached hydrogens (tertiary/aromatic N) is 2. The molecule has 0 amide bonds. The average Bonchev–Trinajstić information content (AvgIpc) is 2.88. The third kappa shape index (κ3) is 9.02. The molecule has 37 heavy (non-hydrogen) atoms. The van der Waals surface area contributed by atoms with Crippen LogP contribution < -0.4 is 0 Å². The zero-order valence-corrected chi connectivity index (χ0v) is 22.7. The van der Waals surface area contributed by atoms with Crippen LogP contribution in [0.1, 0.15) is 36.1 Å². The van der Waals surface area contributed by atoms with E-state index in [4.69, 9.17) is 4.74 Å². The van der Waals surface area contributed by atoms with Gasteiger partial charge in [-0.2, -0.15) is 0 Å². The molecule has 4 rings (SSSR count). The van der Waals surface area contributed by atoms with Gasteiger partial charge in [-0.15, -0.1) is 24.8 Å². The Bertz CT molecular complexity index is 1000. The summed E-state index contributed by atoms with van der Waals surface area (Å²) in [6, 6.07) is 22.4. The van der Waals surface area contributed by atoms with Crippen molar-refractivity contribution in [3.8, 4) is 0 Å². The van der Waals surface area contributed by atoms with E-state index in [1.165, 1.54) is 24.3 Å². The van der Waals surface area contributed by atoms with Crippen molar-refractivity contribution in [1.29, 1.82) is 0 Å². The summed E-state index contributed by atoms with van der Waals surface area (Å²) in [4.78, 5) is 4.77. The maximum Gasteiger partial charge on any atom is 0.123 e. The molecule has 8 heteroatoms. The summed E-state index contributed by atoms with van der Waals surface area (Å²) in [6.45, 7) is 7.81. The van der Waals surface area contributed by atoms with E-state index in [0.717, 1.165) is 56.0 Å². The van der Waals surface area contributed by atoms with Crippen LogP contribution in [-0.4, -0.2) is 60.8 Å². The molecule has 4 nitrogen and oxygen atoms in total. The molecule has 1 unspecified atom stereocenters. The number of hydrogen-bond donors (Lipinski definition) is 1. The molecule has 0 saturated carbocycles. The van der Waals surface area contributed by atoms with E-state index in [2.05, 4.69) is 9.80 Å². The molecular formula is C29H36Cl2F2N2O2. The maximum absolute atomic E-state index is 13.4. The lowest BCUT2D eigenvalue weighted by atomic mass is 9.92. The molecule has 0 aromatic heterocycles. The smallest absolute Gasteiger partial charge is 0.123 e. The quantitative estimate of drug-likeness (QED) is 0.343. The van der Waals surface area contributed by atoms with Gasteiger partial charge in [-0.25, -0.2) is 8.78 Å². The van der Waals surface area contributed by atoms with Gasteiger partial charge in [-0.1, -0.05) is 54.6 Å². The van der Waals surface area contributed by atoms with E-state index < -0.39 is 5.60 Å². The molecule has 0 radical (unpaired) electrons. The highest BCUT2D eigenvalue weighted by Crippen LogP contribution is 2.27. The lowest BCUT2D eigenvalue weighted by Crippen LogP contribution is -2.48. The Morgan fingerprint density at radius 2 is 1.22 bits per heavy atom. The summed E-state index contributed by atoms with van der Waals surface area (Å²) in [5.74, 6) is -0.593. The fourth-order valence-electron chi connectivity index (χ4n) is 4.51. The first-order valence-electron chi connectivity index (χ1n) is 12.3. The van der Waals surface area contributed by atoms with Crippen molar-refractivity contribution in [3.63, 3.8) is 0 Å². The normalized spacial score (nSPS) is 16.0. The highest BCUT2D eigenvalue weighted by Gasteiger charge is 2.25. The Morgan fingerprint density at radius 3 is 1.70 bits per heavy atom. The maximum atomic E-state index is 13.4. The number of ether oxygens (including phenoxy) is 1. The van der Waals surface area contributed by atoms with Crippen LogP contribution in [-0.2, 0) is 10.3 Å². The number of aliphatic hydroxyl groups is 1. The molecule has 1 saturated heterocycles. The second-order valence-corrected chi connectivity index (χ2v) is 9.43. The van der Waals surface area contributed by atoms with E-state index in [9.17, 15) is 13.9 Å². The second kappa shape index (κ2) is 14.8. The van der Waals surface area contributed by atoms with E-state index in [-0.39, 0.29) is 42.6 Å². The highest BCUT2D eigenvalue weighted by molar-refractivity contribution is 5.85. The van der Waals surface area contributed by atoms with Gasteiger partial charge in [0.1, 0.15) is 17.7 Å². The molecule has 0 aliphatic carbocycles. The third-order valence-electron chi connectivity index (χ3n) is 6.81. The summed E-state index contributed by atoms with van der Waals surface area (Å²) < 4.78 is 33.1. The van der Waals surface area contributed by atoms with Crippen LogP contribution in [0.15, 0.2) is 78.9 Å². The first kappa shape index (κ1) is 31.2. The van der Waals surface area contributed by atoms with Gasteiger partial charge in [-0.05, 0) is 54.3 Å². The summed E-state index contributed by atoms with van der Waals surface area (Å²) in [7, 11) is 0. The zero-order valence-electron chi connectivity index (χ0n) is 21.1. The van der Waals surface area contributed by atoms with Crippen LogP contribution in [0.2, 0.25) is 0 Å². The van der Waals surface area contributed by atoms with Crippen molar-refractivity contribution >= 4 is 24.8 Å². The Labute approximate surface area is 231 Å². The van der Waals surface area contributed by atoms with Gasteiger partial charge in [0, 0.05) is 39.3 Å². The van der Waals surface area contributed by atoms with Crippen LogP contribution in [0.25, 0.3) is 0 Å². The Hall–Kier alpha value is -2.06. The van der Waals surface area contributed by atoms with Gasteiger partial charge in [0.25, 0.3) is 0 Å². The molecule has 1 aliphatic rings. The molecule has 0 bridgehead atoms. The van der Waals surface area contributed by atoms with Gasteiger partial charge in [-0.3, -0.25) is 4.90 Å². The summed E-state index contributed by atoms with van der Waals surface area (Å²) in [5.41, 5.74) is 1.80. The molecular weight excluding hydrogens is 517 g/mol. The first-order chi connectivity index (χ1) is 16.9. The van der Waals surface area contributed by atoms with E-state index >= 15 is 0 Å². The van der Waals surface area contributed by atoms with Crippen molar-refractivity contribution in [3.05, 3.63) is 107 Å². The molecule has 1 N–H and O–H groups in total. The first-order valence-corrected chi connectivity index (χ1v) is 12.3. The number of hydrogen-bond acceptors (Lipinski definition) is 4. The highest BCUT2D eigenvalue weighted by atomic mass is 35.5. The van der Waals surface area contributed by atoms with Crippen molar-refractivity contribution in [2.24, 2.45) is 0 Å². The Balaban J connectivity index is 0.00000241. The molecule has 1 fully saturated rings. The van der Waals surface area contributed by atoms with E-state index in [0.29, 0.717) is 13.0 Å². The lowest BCUT2D eigenvalue weighted by molar-refractivity contribution is 0.0213. The third-order valence-corrected chi connectivity index (χ3v) is 6.81. The fraction of sp³-hybridized carbons (Fsp3) is 0.379. The Kier molecular flexibility index (Phi) is 12.4. The lowest BCUT2D eigenvalue weighted by Gasteiger charge is -2.36. The molecule has 3 aromatic carbocycles. The van der Waals surface area contributed by atoms with Crippen LogP contribution in [0.5, 0.6) is 0 Å². The SMILES string of the molecule is CC(O)(CCN1CCN(CCOC(c2ccc(F)cc2)c2ccc(F)cc2)CC1)c1ccccc1.Cl.Cl. The van der Waals surface area contributed by atoms with Gasteiger partial charge in [0.15, 0.2) is 0 Å². The molecule has 1 aliphatic heterocycles. The topological polar surface area (TPSA) is 35.9 Å². The van der Waals surface area contributed by atoms with Gasteiger partial charge in [0.2, 0.25) is 0 Å². The Morgan fingerprint density at radius 1 is 0.757 bits per heavy atom. The van der Waals surface area contributed by atoms with E-state index in [1.54, 1.807) is 24.3 Å². The summed E-state index contributed by atoms with van der Waals surface area (Å²) in [6.07, 6.45) is 0.314.